The number of ether oxygens (including phenoxy) is 4. The average Bonchev–Trinajstić information content (AvgIpc) is 3.15. The molecule has 0 aromatic heterocycles. The fourth-order valence-electron chi connectivity index (χ4n) is 4.03. The Morgan fingerprint density at radius 3 is 2.88 bits per heavy atom. The minimum absolute atomic E-state index is 0.0699. The van der Waals surface area contributed by atoms with E-state index in [-0.39, 0.29) is 17.9 Å². The number of epoxide rings is 1. The molecule has 0 spiro atoms. The number of alkyl carbamates (subject to hydrolysis) is 1. The van der Waals surface area contributed by atoms with Gasteiger partial charge in [0.1, 0.15) is 5.60 Å². The zero-order chi connectivity index (χ0) is 18.0. The van der Waals surface area contributed by atoms with Gasteiger partial charge in [0, 0.05) is 12.5 Å². The zero-order valence-electron chi connectivity index (χ0n) is 15.1. The summed E-state index contributed by atoms with van der Waals surface area (Å²) in [6.07, 6.45) is 5.22. The average molecular weight is 353 g/mol. The van der Waals surface area contributed by atoms with Crippen LogP contribution in [-0.2, 0) is 23.7 Å². The third-order valence-corrected chi connectivity index (χ3v) is 5.51. The highest BCUT2D eigenvalue weighted by Gasteiger charge is 2.71. The van der Waals surface area contributed by atoms with E-state index in [9.17, 15) is 9.59 Å². The van der Waals surface area contributed by atoms with Crippen molar-refractivity contribution < 1.29 is 28.5 Å². The largest absolute Gasteiger partial charge is 0.466 e. The van der Waals surface area contributed by atoms with Crippen LogP contribution in [0.25, 0.3) is 0 Å². The van der Waals surface area contributed by atoms with E-state index in [4.69, 9.17) is 18.9 Å². The van der Waals surface area contributed by atoms with E-state index in [0.29, 0.717) is 18.5 Å². The molecule has 1 aliphatic carbocycles. The third kappa shape index (κ3) is 3.47. The molecule has 0 radical (unpaired) electrons. The minimum atomic E-state index is -0.758. The van der Waals surface area contributed by atoms with Gasteiger partial charge in [-0.05, 0) is 19.8 Å². The maximum absolute atomic E-state index is 12.1. The molecule has 25 heavy (non-hydrogen) atoms. The first-order chi connectivity index (χ1) is 12.0. The molecule has 3 rings (SSSR count). The van der Waals surface area contributed by atoms with Crippen LogP contribution in [0.3, 0.4) is 0 Å². The van der Waals surface area contributed by atoms with E-state index in [1.807, 2.05) is 6.92 Å². The molecule has 2 aliphatic heterocycles. The lowest BCUT2D eigenvalue weighted by Crippen LogP contribution is -2.44. The van der Waals surface area contributed by atoms with Crippen molar-refractivity contribution in [2.45, 2.75) is 63.9 Å². The molecule has 1 amide bonds. The van der Waals surface area contributed by atoms with Gasteiger partial charge in [-0.3, -0.25) is 0 Å². The van der Waals surface area contributed by atoms with Crippen LogP contribution in [0, 0.1) is 11.8 Å². The van der Waals surface area contributed by atoms with E-state index in [0.717, 1.165) is 25.7 Å². The van der Waals surface area contributed by atoms with Crippen LogP contribution in [0.4, 0.5) is 4.79 Å². The Morgan fingerprint density at radius 2 is 2.16 bits per heavy atom. The molecule has 140 valence electrons. The molecular weight excluding hydrogens is 326 g/mol. The smallest absolute Gasteiger partial charge is 0.410 e. The lowest BCUT2D eigenvalue weighted by Gasteiger charge is -2.35. The summed E-state index contributed by atoms with van der Waals surface area (Å²) >= 11 is 0. The van der Waals surface area contributed by atoms with Gasteiger partial charge >= 0.3 is 12.1 Å². The van der Waals surface area contributed by atoms with Crippen molar-refractivity contribution in [1.82, 2.24) is 5.32 Å². The summed E-state index contributed by atoms with van der Waals surface area (Å²) in [5.41, 5.74) is 0.0777. The number of esters is 1. The molecule has 0 bridgehead atoms. The number of amides is 1. The molecule has 2 heterocycles. The van der Waals surface area contributed by atoms with Crippen LogP contribution in [0.5, 0.6) is 0 Å². The highest BCUT2D eigenvalue weighted by Crippen LogP contribution is 2.60. The summed E-state index contributed by atoms with van der Waals surface area (Å²) in [6, 6.07) is 0. The highest BCUT2D eigenvalue weighted by atomic mass is 16.7. The molecule has 0 aromatic rings. The van der Waals surface area contributed by atoms with E-state index in [2.05, 4.69) is 12.2 Å². The number of nitrogens with one attached hydrogen (secondary N) is 1. The molecule has 2 fully saturated rings. The van der Waals surface area contributed by atoms with Crippen LogP contribution in [0.1, 0.15) is 46.0 Å². The topological polar surface area (TPSA) is 86.4 Å². The fraction of sp³-hybridized carbons (Fsp3) is 0.778. The Morgan fingerprint density at radius 1 is 1.36 bits per heavy atom. The summed E-state index contributed by atoms with van der Waals surface area (Å²) in [5.74, 6) is -0.687. The normalized spacial score (nSPS) is 34.9. The van der Waals surface area contributed by atoms with Crippen molar-refractivity contribution in [3.63, 3.8) is 0 Å². The quantitative estimate of drug-likeness (QED) is 0.430. The van der Waals surface area contributed by atoms with E-state index < -0.39 is 24.0 Å². The number of rotatable bonds is 7. The Kier molecular flexibility index (Phi) is 5.22. The van der Waals surface area contributed by atoms with Crippen LogP contribution < -0.4 is 5.32 Å². The van der Waals surface area contributed by atoms with Crippen molar-refractivity contribution in [3.8, 4) is 0 Å². The molecule has 1 N–H and O–H groups in total. The number of carbonyl (C=O) groups is 2. The maximum Gasteiger partial charge on any atom is 0.410 e. The predicted molar refractivity (Wildman–Crippen MR) is 88.5 cm³/mol. The summed E-state index contributed by atoms with van der Waals surface area (Å²) < 4.78 is 21.6. The number of unbranched alkanes of at least 4 members (excludes halogenated alkanes) is 3. The molecule has 0 unspecified atom stereocenters. The lowest BCUT2D eigenvalue weighted by atomic mass is 9.82. The van der Waals surface area contributed by atoms with Crippen molar-refractivity contribution in [2.24, 2.45) is 11.8 Å². The van der Waals surface area contributed by atoms with Gasteiger partial charge in [-0.15, -0.1) is 0 Å². The predicted octanol–water partition coefficient (Wildman–Crippen LogP) is 2.50. The van der Waals surface area contributed by atoms with Gasteiger partial charge in [0.05, 0.1) is 31.0 Å². The number of methoxy groups -OCH3 is 1. The highest BCUT2D eigenvalue weighted by molar-refractivity contribution is 5.89. The number of carbonyl (C=O) groups excluding carboxylic acids is 2. The molecule has 7 heteroatoms. The molecule has 0 aromatic carbocycles. The van der Waals surface area contributed by atoms with Crippen molar-refractivity contribution in [2.75, 3.05) is 13.7 Å². The van der Waals surface area contributed by atoms with E-state index >= 15 is 0 Å². The SMILES string of the molecule is CCCCCCNC(=O)O[C@@H]1OC=C(C(=O)OC)[C@H]2C[C@@H]3O[C@]3(C)[C@H]12. The van der Waals surface area contributed by atoms with Gasteiger partial charge in [-0.1, -0.05) is 26.2 Å². The zero-order valence-corrected chi connectivity index (χ0v) is 15.1. The van der Waals surface area contributed by atoms with Gasteiger partial charge in [0.15, 0.2) is 0 Å². The van der Waals surface area contributed by atoms with Gasteiger partial charge in [0.2, 0.25) is 0 Å². The summed E-state index contributed by atoms with van der Waals surface area (Å²) in [5, 5.41) is 2.76. The Balaban J connectivity index is 1.59. The molecule has 7 nitrogen and oxygen atoms in total. The van der Waals surface area contributed by atoms with Crippen LogP contribution in [-0.4, -0.2) is 43.7 Å². The van der Waals surface area contributed by atoms with E-state index in [1.54, 1.807) is 0 Å². The van der Waals surface area contributed by atoms with Crippen molar-refractivity contribution in [1.29, 1.82) is 0 Å². The summed E-state index contributed by atoms with van der Waals surface area (Å²) in [4.78, 5) is 24.0. The molecular formula is C18H27NO6. The summed E-state index contributed by atoms with van der Waals surface area (Å²) in [6.45, 7) is 4.70. The van der Waals surface area contributed by atoms with Crippen LogP contribution in [0.2, 0.25) is 0 Å². The molecule has 3 aliphatic rings. The second-order valence-corrected chi connectivity index (χ2v) is 7.12. The first kappa shape index (κ1) is 18.0. The number of hydrogen-bond donors (Lipinski definition) is 1. The minimum Gasteiger partial charge on any atom is -0.466 e. The standard InChI is InChI=1S/C18H27NO6/c1-4-5-6-7-8-19-17(21)24-16-14-11(9-13-18(14,2)25-13)12(10-23-16)15(20)22-3/h10-11,13-14,16H,4-9H2,1-3H3,(H,19,21)/t11-,13+,14+,16+,18+/m1/s1. The van der Waals surface area contributed by atoms with Crippen LogP contribution in [0.15, 0.2) is 11.8 Å². The first-order valence-electron chi connectivity index (χ1n) is 9.07. The molecule has 1 saturated heterocycles. The molecule has 1 saturated carbocycles. The monoisotopic (exact) mass is 353 g/mol. The van der Waals surface area contributed by atoms with Crippen LogP contribution >= 0.6 is 0 Å². The third-order valence-electron chi connectivity index (χ3n) is 5.51. The van der Waals surface area contributed by atoms with Gasteiger partial charge in [0.25, 0.3) is 6.29 Å². The summed E-state index contributed by atoms with van der Waals surface area (Å²) in [7, 11) is 1.35. The van der Waals surface area contributed by atoms with Gasteiger partial charge < -0.3 is 24.3 Å². The van der Waals surface area contributed by atoms with Crippen molar-refractivity contribution >= 4 is 12.1 Å². The van der Waals surface area contributed by atoms with E-state index in [1.165, 1.54) is 13.4 Å². The fourth-order valence-corrected chi connectivity index (χ4v) is 4.03. The van der Waals surface area contributed by atoms with Crippen molar-refractivity contribution in [3.05, 3.63) is 11.8 Å². The second kappa shape index (κ2) is 7.23. The second-order valence-electron chi connectivity index (χ2n) is 7.12. The van der Waals surface area contributed by atoms with Gasteiger partial charge in [-0.2, -0.15) is 0 Å². The number of hydrogen-bond acceptors (Lipinski definition) is 6. The maximum atomic E-state index is 12.1. The Labute approximate surface area is 148 Å². The number of fused-ring (bicyclic) bond motifs is 3. The Bertz CT molecular complexity index is 562. The Hall–Kier alpha value is -1.76. The molecule has 5 atom stereocenters. The first-order valence-corrected chi connectivity index (χ1v) is 9.07. The van der Waals surface area contributed by atoms with Gasteiger partial charge in [-0.25, -0.2) is 9.59 Å². The lowest BCUT2D eigenvalue weighted by molar-refractivity contribution is -0.150.